The average Bonchev–Trinajstić information content (AvgIpc) is 2.90. The summed E-state index contributed by atoms with van der Waals surface area (Å²) in [6, 6.07) is 3.37. The molecule has 0 bridgehead atoms. The number of likely N-dealkylation sites (tertiary alicyclic amines) is 1. The summed E-state index contributed by atoms with van der Waals surface area (Å²) in [5.74, 6) is 1.42. The first-order valence-electron chi connectivity index (χ1n) is 7.78. The van der Waals surface area contributed by atoms with Gasteiger partial charge in [0.2, 0.25) is 0 Å². The lowest BCUT2D eigenvalue weighted by molar-refractivity contribution is 0.161. The van der Waals surface area contributed by atoms with Gasteiger partial charge < -0.3 is 4.42 Å². The lowest BCUT2D eigenvalue weighted by Crippen LogP contribution is -2.36. The Morgan fingerprint density at radius 3 is 2.73 bits per heavy atom. The topological polar surface area (TPSA) is 64.2 Å². The number of nitrogens with zero attached hydrogens (tertiary/aromatic N) is 4. The van der Waals surface area contributed by atoms with Gasteiger partial charge in [-0.3, -0.25) is 9.69 Å². The highest BCUT2D eigenvalue weighted by atomic mass is 16.3. The molecule has 22 heavy (non-hydrogen) atoms. The molecule has 1 fully saturated rings. The van der Waals surface area contributed by atoms with Crippen molar-refractivity contribution in [3.05, 3.63) is 46.0 Å². The van der Waals surface area contributed by atoms with Crippen molar-refractivity contribution in [1.29, 1.82) is 0 Å². The zero-order valence-corrected chi connectivity index (χ0v) is 13.2. The standard InChI is InChI=1S/C16H22N4O2/c1-12-3-4-16(21)20(18-12)9-14-5-7-19(8-6-14)10-15-13(2)22-11-17-15/h3-4,11,14H,5-10H2,1-2H3. The average molecular weight is 302 g/mol. The molecule has 1 aliphatic heterocycles. The fraction of sp³-hybridized carbons (Fsp3) is 0.562. The van der Waals surface area contributed by atoms with Gasteiger partial charge >= 0.3 is 0 Å². The largest absolute Gasteiger partial charge is 0.448 e. The highest BCUT2D eigenvalue weighted by molar-refractivity contribution is 5.04. The van der Waals surface area contributed by atoms with Crippen molar-refractivity contribution in [1.82, 2.24) is 19.7 Å². The maximum absolute atomic E-state index is 11.8. The van der Waals surface area contributed by atoms with E-state index < -0.39 is 0 Å². The number of piperidine rings is 1. The predicted molar refractivity (Wildman–Crippen MR) is 82.5 cm³/mol. The monoisotopic (exact) mass is 302 g/mol. The Kier molecular flexibility index (Phi) is 4.38. The minimum absolute atomic E-state index is 0.00810. The number of aromatic nitrogens is 3. The molecule has 0 N–H and O–H groups in total. The third-order valence-electron chi connectivity index (χ3n) is 4.36. The molecule has 2 aromatic rings. The molecule has 0 amide bonds. The number of oxazole rings is 1. The second-order valence-corrected chi connectivity index (χ2v) is 6.07. The van der Waals surface area contributed by atoms with Crippen molar-refractivity contribution in [3.63, 3.8) is 0 Å². The zero-order chi connectivity index (χ0) is 15.5. The summed E-state index contributed by atoms with van der Waals surface area (Å²) in [5.41, 5.74) is 1.90. The fourth-order valence-corrected chi connectivity index (χ4v) is 2.95. The Bertz CT molecular complexity index is 683. The molecule has 118 valence electrons. The first-order chi connectivity index (χ1) is 10.6. The summed E-state index contributed by atoms with van der Waals surface area (Å²) in [6.07, 6.45) is 3.67. The van der Waals surface area contributed by atoms with Crippen LogP contribution in [0.5, 0.6) is 0 Å². The van der Waals surface area contributed by atoms with E-state index in [1.54, 1.807) is 16.8 Å². The summed E-state index contributed by atoms with van der Waals surface area (Å²) in [7, 11) is 0. The van der Waals surface area contributed by atoms with Gasteiger partial charge in [0.25, 0.3) is 5.56 Å². The van der Waals surface area contributed by atoms with Gasteiger partial charge in [0.15, 0.2) is 6.39 Å². The van der Waals surface area contributed by atoms with E-state index in [4.69, 9.17) is 4.42 Å². The van der Waals surface area contributed by atoms with Gasteiger partial charge in [0.1, 0.15) is 5.76 Å². The van der Waals surface area contributed by atoms with Gasteiger partial charge in [-0.05, 0) is 51.8 Å². The summed E-state index contributed by atoms with van der Waals surface area (Å²) >= 11 is 0. The van der Waals surface area contributed by atoms with E-state index >= 15 is 0 Å². The second kappa shape index (κ2) is 6.44. The van der Waals surface area contributed by atoms with Gasteiger partial charge in [0.05, 0.1) is 11.4 Å². The molecule has 0 saturated carbocycles. The minimum Gasteiger partial charge on any atom is -0.448 e. The first-order valence-corrected chi connectivity index (χ1v) is 7.78. The van der Waals surface area contributed by atoms with Crippen LogP contribution in [0, 0.1) is 19.8 Å². The first kappa shape index (κ1) is 15.0. The minimum atomic E-state index is -0.00810. The smallest absolute Gasteiger partial charge is 0.266 e. The molecular formula is C16H22N4O2. The molecule has 3 heterocycles. The molecule has 1 aliphatic rings. The van der Waals surface area contributed by atoms with Gasteiger partial charge in [-0.1, -0.05) is 0 Å². The molecule has 0 aliphatic carbocycles. The summed E-state index contributed by atoms with van der Waals surface area (Å²) < 4.78 is 6.85. The van der Waals surface area contributed by atoms with Crippen LogP contribution in [0.4, 0.5) is 0 Å². The van der Waals surface area contributed by atoms with Crippen molar-refractivity contribution in [2.75, 3.05) is 13.1 Å². The SMILES string of the molecule is Cc1ccc(=O)n(CC2CCN(Cc3ncoc3C)CC2)n1. The van der Waals surface area contributed by atoms with Gasteiger partial charge in [0, 0.05) is 19.2 Å². The van der Waals surface area contributed by atoms with Crippen molar-refractivity contribution in [2.24, 2.45) is 5.92 Å². The van der Waals surface area contributed by atoms with Crippen LogP contribution in [-0.2, 0) is 13.1 Å². The summed E-state index contributed by atoms with van der Waals surface area (Å²) in [4.78, 5) is 18.5. The Morgan fingerprint density at radius 1 is 1.27 bits per heavy atom. The highest BCUT2D eigenvalue weighted by Gasteiger charge is 2.21. The second-order valence-electron chi connectivity index (χ2n) is 6.07. The van der Waals surface area contributed by atoms with Crippen LogP contribution < -0.4 is 5.56 Å². The van der Waals surface area contributed by atoms with Crippen LogP contribution in [0.3, 0.4) is 0 Å². The van der Waals surface area contributed by atoms with Crippen molar-refractivity contribution < 1.29 is 4.42 Å². The Hall–Kier alpha value is -1.95. The van der Waals surface area contributed by atoms with Crippen molar-refractivity contribution in [3.8, 4) is 0 Å². The van der Waals surface area contributed by atoms with Crippen molar-refractivity contribution in [2.45, 2.75) is 39.8 Å². The van der Waals surface area contributed by atoms with E-state index in [1.807, 2.05) is 13.8 Å². The maximum atomic E-state index is 11.8. The van der Waals surface area contributed by atoms with Crippen LogP contribution in [-0.4, -0.2) is 32.8 Å². The Labute approximate surface area is 129 Å². The molecule has 0 radical (unpaired) electrons. The molecule has 0 unspecified atom stereocenters. The molecular weight excluding hydrogens is 280 g/mol. The van der Waals surface area contributed by atoms with E-state index in [0.29, 0.717) is 5.92 Å². The van der Waals surface area contributed by atoms with Gasteiger partial charge in [-0.2, -0.15) is 5.10 Å². The molecule has 2 aromatic heterocycles. The molecule has 0 spiro atoms. The lowest BCUT2D eigenvalue weighted by Gasteiger charge is -2.31. The number of hydrogen-bond donors (Lipinski definition) is 0. The van der Waals surface area contributed by atoms with E-state index in [-0.39, 0.29) is 5.56 Å². The zero-order valence-electron chi connectivity index (χ0n) is 13.2. The normalized spacial score (nSPS) is 17.0. The van der Waals surface area contributed by atoms with E-state index in [1.165, 1.54) is 6.39 Å². The number of rotatable bonds is 4. The number of aryl methyl sites for hydroxylation is 2. The molecule has 6 heteroatoms. The van der Waals surface area contributed by atoms with Gasteiger partial charge in [-0.15, -0.1) is 0 Å². The van der Waals surface area contributed by atoms with Crippen LogP contribution in [0.1, 0.15) is 30.0 Å². The molecule has 0 atom stereocenters. The van der Waals surface area contributed by atoms with Crippen LogP contribution in [0.2, 0.25) is 0 Å². The van der Waals surface area contributed by atoms with Crippen LogP contribution in [0.25, 0.3) is 0 Å². The third kappa shape index (κ3) is 3.44. The van der Waals surface area contributed by atoms with Crippen LogP contribution in [0.15, 0.2) is 27.7 Å². The maximum Gasteiger partial charge on any atom is 0.266 e. The van der Waals surface area contributed by atoms with Gasteiger partial charge in [-0.25, -0.2) is 9.67 Å². The fourth-order valence-electron chi connectivity index (χ4n) is 2.95. The van der Waals surface area contributed by atoms with E-state index in [9.17, 15) is 4.79 Å². The quantitative estimate of drug-likeness (QED) is 0.861. The Morgan fingerprint density at radius 2 is 2.05 bits per heavy atom. The van der Waals surface area contributed by atoms with Crippen LogP contribution >= 0.6 is 0 Å². The molecule has 1 saturated heterocycles. The van der Waals surface area contributed by atoms with Crippen molar-refractivity contribution >= 4 is 0 Å². The lowest BCUT2D eigenvalue weighted by atomic mass is 9.96. The Balaban J connectivity index is 1.54. The highest BCUT2D eigenvalue weighted by Crippen LogP contribution is 2.20. The molecule has 0 aromatic carbocycles. The number of hydrogen-bond acceptors (Lipinski definition) is 5. The van der Waals surface area contributed by atoms with E-state index in [0.717, 1.165) is 56.2 Å². The molecule has 6 nitrogen and oxygen atoms in total. The summed E-state index contributed by atoms with van der Waals surface area (Å²) in [5, 5.41) is 4.33. The predicted octanol–water partition coefficient (Wildman–Crippen LogP) is 1.76. The van der Waals surface area contributed by atoms with E-state index in [2.05, 4.69) is 15.0 Å². The summed E-state index contributed by atoms with van der Waals surface area (Å²) in [6.45, 7) is 7.48. The third-order valence-corrected chi connectivity index (χ3v) is 4.36. The molecule has 3 rings (SSSR count).